The number of nitrogens with zero attached hydrogens (tertiary/aromatic N) is 4. The van der Waals surface area contributed by atoms with Gasteiger partial charge >= 0.3 is 0 Å². The molecule has 156 valence electrons. The molecule has 0 unspecified atom stereocenters. The number of amides is 1. The van der Waals surface area contributed by atoms with Crippen LogP contribution in [0.5, 0.6) is 0 Å². The van der Waals surface area contributed by atoms with Gasteiger partial charge in [-0.15, -0.1) is 22.7 Å². The van der Waals surface area contributed by atoms with Crippen LogP contribution in [0, 0.1) is 25.2 Å². The van der Waals surface area contributed by atoms with Crippen molar-refractivity contribution in [2.45, 2.75) is 20.3 Å². The Morgan fingerprint density at radius 1 is 1.23 bits per heavy atom. The van der Waals surface area contributed by atoms with E-state index in [1.165, 1.54) is 11.3 Å². The summed E-state index contributed by atoms with van der Waals surface area (Å²) < 4.78 is 24.8. The van der Waals surface area contributed by atoms with Gasteiger partial charge in [0.25, 0.3) is 5.91 Å². The zero-order valence-corrected chi connectivity index (χ0v) is 19.0. The van der Waals surface area contributed by atoms with E-state index >= 15 is 0 Å². The van der Waals surface area contributed by atoms with Crippen LogP contribution in [0.3, 0.4) is 0 Å². The highest BCUT2D eigenvalue weighted by Gasteiger charge is 2.22. The van der Waals surface area contributed by atoms with E-state index in [1.54, 1.807) is 30.4 Å². The SMILES string of the molecule is Cc1nc(CCN(c2ccc(C#N)cc2)c2nc(C(=O)NS(C)(=O)=O)c(C)s2)cs1. The molecule has 0 aliphatic rings. The van der Waals surface area contributed by atoms with Crippen LogP contribution in [-0.4, -0.2) is 37.1 Å². The third kappa shape index (κ3) is 5.41. The molecule has 0 bridgehead atoms. The van der Waals surface area contributed by atoms with Gasteiger partial charge in [-0.2, -0.15) is 5.26 Å². The smallest absolute Gasteiger partial charge is 0.284 e. The molecule has 0 saturated heterocycles. The Morgan fingerprint density at radius 3 is 2.50 bits per heavy atom. The largest absolute Gasteiger partial charge is 0.317 e. The summed E-state index contributed by atoms with van der Waals surface area (Å²) in [7, 11) is -3.69. The topological polar surface area (TPSA) is 116 Å². The van der Waals surface area contributed by atoms with Gasteiger partial charge < -0.3 is 4.90 Å². The number of benzene rings is 1. The molecular formula is C19H19N5O3S3. The predicted octanol–water partition coefficient (Wildman–Crippen LogP) is 3.16. The van der Waals surface area contributed by atoms with Crippen LogP contribution in [0.2, 0.25) is 0 Å². The number of hydrogen-bond acceptors (Lipinski definition) is 9. The van der Waals surface area contributed by atoms with Crippen molar-refractivity contribution in [1.82, 2.24) is 14.7 Å². The summed E-state index contributed by atoms with van der Waals surface area (Å²) in [5.41, 5.74) is 2.38. The van der Waals surface area contributed by atoms with Crippen molar-refractivity contribution in [3.63, 3.8) is 0 Å². The number of nitriles is 1. The maximum Gasteiger partial charge on any atom is 0.284 e. The number of carbonyl (C=O) groups excluding carboxylic acids is 1. The van der Waals surface area contributed by atoms with Gasteiger partial charge in [-0.1, -0.05) is 0 Å². The van der Waals surface area contributed by atoms with Crippen LogP contribution >= 0.6 is 22.7 Å². The summed E-state index contributed by atoms with van der Waals surface area (Å²) in [6, 6.07) is 9.16. The zero-order chi connectivity index (χ0) is 21.9. The summed E-state index contributed by atoms with van der Waals surface area (Å²) in [6.07, 6.45) is 1.58. The lowest BCUT2D eigenvalue weighted by molar-refractivity contribution is 0.0977. The highest BCUT2D eigenvalue weighted by Crippen LogP contribution is 2.32. The monoisotopic (exact) mass is 461 g/mol. The van der Waals surface area contributed by atoms with Crippen molar-refractivity contribution in [3.8, 4) is 6.07 Å². The number of rotatable bonds is 7. The van der Waals surface area contributed by atoms with Gasteiger partial charge in [0.15, 0.2) is 5.13 Å². The Balaban J connectivity index is 1.93. The van der Waals surface area contributed by atoms with Gasteiger partial charge in [-0.3, -0.25) is 4.79 Å². The van der Waals surface area contributed by atoms with E-state index in [4.69, 9.17) is 5.26 Å². The summed E-state index contributed by atoms with van der Waals surface area (Å²) in [6.45, 7) is 4.22. The molecule has 0 fully saturated rings. The second-order valence-electron chi connectivity index (χ2n) is 6.52. The molecule has 2 heterocycles. The van der Waals surface area contributed by atoms with E-state index < -0.39 is 15.9 Å². The number of anilines is 2. The quantitative estimate of drug-likeness (QED) is 0.574. The van der Waals surface area contributed by atoms with Crippen LogP contribution < -0.4 is 9.62 Å². The average molecular weight is 462 g/mol. The second-order valence-corrected chi connectivity index (χ2v) is 10.5. The molecule has 0 spiro atoms. The number of aromatic nitrogens is 2. The maximum absolute atomic E-state index is 12.3. The first-order valence-electron chi connectivity index (χ1n) is 8.84. The molecule has 1 N–H and O–H groups in total. The van der Waals surface area contributed by atoms with E-state index in [0.717, 1.165) is 22.6 Å². The molecule has 1 amide bonds. The van der Waals surface area contributed by atoms with Crippen LogP contribution in [0.1, 0.15) is 31.6 Å². The number of aryl methyl sites for hydroxylation is 2. The van der Waals surface area contributed by atoms with E-state index in [-0.39, 0.29) is 5.69 Å². The highest BCUT2D eigenvalue weighted by atomic mass is 32.2. The molecule has 11 heteroatoms. The number of thiazole rings is 2. The molecule has 0 saturated carbocycles. The van der Waals surface area contributed by atoms with Crippen molar-refractivity contribution in [1.29, 1.82) is 5.26 Å². The fourth-order valence-electron chi connectivity index (χ4n) is 2.73. The summed E-state index contributed by atoms with van der Waals surface area (Å²) in [5.74, 6) is -0.757. The maximum atomic E-state index is 12.3. The lowest BCUT2D eigenvalue weighted by Gasteiger charge is -2.21. The average Bonchev–Trinajstić information content (AvgIpc) is 3.26. The Bertz CT molecular complexity index is 1210. The Kier molecular flexibility index (Phi) is 6.50. The second kappa shape index (κ2) is 8.91. The van der Waals surface area contributed by atoms with Gasteiger partial charge in [0.05, 0.1) is 28.6 Å². The van der Waals surface area contributed by atoms with Crippen LogP contribution in [0.25, 0.3) is 0 Å². The lowest BCUT2D eigenvalue weighted by Crippen LogP contribution is -2.30. The van der Waals surface area contributed by atoms with Gasteiger partial charge in [-0.25, -0.2) is 23.1 Å². The zero-order valence-electron chi connectivity index (χ0n) is 16.5. The number of hydrogen-bond donors (Lipinski definition) is 1. The lowest BCUT2D eigenvalue weighted by atomic mass is 10.2. The standard InChI is InChI=1S/C19H19N5O3S3/c1-12-17(18(25)23-30(3,26)27)22-19(29-12)24(9-8-15-11-28-13(2)21-15)16-6-4-14(10-20)5-7-16/h4-7,11H,8-9H2,1-3H3,(H,23,25). The molecule has 1 aromatic carbocycles. The van der Waals surface area contributed by atoms with Gasteiger partial charge in [0.2, 0.25) is 10.0 Å². The molecule has 0 atom stereocenters. The van der Waals surface area contributed by atoms with Gasteiger partial charge in [-0.05, 0) is 38.1 Å². The Labute approximate surface area is 182 Å². The van der Waals surface area contributed by atoms with Crippen LogP contribution in [0.4, 0.5) is 10.8 Å². The highest BCUT2D eigenvalue weighted by molar-refractivity contribution is 7.89. The molecule has 30 heavy (non-hydrogen) atoms. The van der Waals surface area contributed by atoms with E-state index in [1.807, 2.05) is 34.1 Å². The van der Waals surface area contributed by atoms with E-state index in [2.05, 4.69) is 16.0 Å². The normalized spacial score (nSPS) is 11.1. The number of carbonyl (C=O) groups is 1. The summed E-state index contributed by atoms with van der Waals surface area (Å²) in [5, 5.41) is 12.6. The minimum Gasteiger partial charge on any atom is -0.317 e. The fourth-order valence-corrected chi connectivity index (χ4v) is 4.76. The summed E-state index contributed by atoms with van der Waals surface area (Å²) in [4.78, 5) is 23.8. The number of nitrogens with one attached hydrogen (secondary N) is 1. The van der Waals surface area contributed by atoms with Crippen molar-refractivity contribution >= 4 is 49.4 Å². The molecule has 3 aromatic rings. The first-order chi connectivity index (χ1) is 14.2. The van der Waals surface area contributed by atoms with Gasteiger partial charge in [0, 0.05) is 28.9 Å². The van der Waals surface area contributed by atoms with Crippen molar-refractivity contribution in [2.75, 3.05) is 17.7 Å². The Hall–Kier alpha value is -2.81. The molecule has 0 aliphatic heterocycles. The fraction of sp³-hybridized carbons (Fsp3) is 0.263. The number of sulfonamides is 1. The van der Waals surface area contributed by atoms with Crippen molar-refractivity contribution in [2.24, 2.45) is 0 Å². The third-order valence-corrected chi connectivity index (χ3v) is 6.45. The minimum absolute atomic E-state index is 0.0728. The van der Waals surface area contributed by atoms with Crippen molar-refractivity contribution in [3.05, 3.63) is 56.5 Å². The van der Waals surface area contributed by atoms with E-state index in [0.29, 0.717) is 28.5 Å². The van der Waals surface area contributed by atoms with Crippen molar-refractivity contribution < 1.29 is 13.2 Å². The Morgan fingerprint density at radius 2 is 1.93 bits per heavy atom. The molecule has 3 rings (SSSR count). The first-order valence-corrected chi connectivity index (χ1v) is 12.4. The van der Waals surface area contributed by atoms with E-state index in [9.17, 15) is 13.2 Å². The molecular weight excluding hydrogens is 442 g/mol. The molecule has 0 radical (unpaired) electrons. The molecule has 0 aliphatic carbocycles. The van der Waals surface area contributed by atoms with Crippen LogP contribution in [-0.2, 0) is 16.4 Å². The third-order valence-electron chi connectivity index (χ3n) is 4.08. The molecule has 2 aromatic heterocycles. The van der Waals surface area contributed by atoms with Gasteiger partial charge in [0.1, 0.15) is 5.69 Å². The van der Waals surface area contributed by atoms with Crippen LogP contribution in [0.15, 0.2) is 29.6 Å². The first kappa shape index (κ1) is 21.9. The molecule has 8 nitrogen and oxygen atoms in total. The summed E-state index contributed by atoms with van der Waals surface area (Å²) >= 11 is 2.88. The minimum atomic E-state index is -3.69. The predicted molar refractivity (Wildman–Crippen MR) is 118 cm³/mol.